The second-order valence-corrected chi connectivity index (χ2v) is 8.94. The zero-order valence-electron chi connectivity index (χ0n) is 15.3. The van der Waals surface area contributed by atoms with E-state index in [0.29, 0.717) is 12.8 Å². The third-order valence-corrected chi connectivity index (χ3v) is 5.22. The fourth-order valence-electron chi connectivity index (χ4n) is 2.41. The molecule has 0 saturated heterocycles. The molecule has 0 aromatic heterocycles. The molecule has 5 nitrogen and oxygen atoms in total. The van der Waals surface area contributed by atoms with Crippen LogP contribution in [0.4, 0.5) is 0 Å². The lowest BCUT2D eigenvalue weighted by atomic mass is 10.1. The third kappa shape index (κ3) is 7.45. The quantitative estimate of drug-likeness (QED) is 0.753. The van der Waals surface area contributed by atoms with Crippen molar-refractivity contribution >= 4 is 15.9 Å². The molecule has 0 heterocycles. The number of rotatable bonds is 8. The van der Waals surface area contributed by atoms with Crippen LogP contribution in [0.15, 0.2) is 29.2 Å². The lowest BCUT2D eigenvalue weighted by molar-refractivity contribution is -0.121. The van der Waals surface area contributed by atoms with Crippen LogP contribution >= 0.6 is 0 Å². The summed E-state index contributed by atoms with van der Waals surface area (Å²) in [6.07, 6.45) is 3.01. The Hall–Kier alpha value is -1.40. The van der Waals surface area contributed by atoms with Gasteiger partial charge in [-0.25, -0.2) is 13.1 Å². The lowest BCUT2D eigenvalue weighted by Crippen LogP contribution is -2.40. The summed E-state index contributed by atoms with van der Waals surface area (Å²) in [5.41, 5.74) is 0.424. The van der Waals surface area contributed by atoms with E-state index in [4.69, 9.17) is 0 Å². The van der Waals surface area contributed by atoms with E-state index in [1.54, 1.807) is 45.0 Å². The molecule has 1 rings (SSSR count). The molecule has 0 radical (unpaired) electrons. The molecule has 0 aliphatic rings. The fourth-order valence-corrected chi connectivity index (χ4v) is 3.83. The Labute approximate surface area is 146 Å². The number of amides is 1. The standard InChI is InChI=1S/C18H30N2O3S/c1-6-7-14(2)19-17(21)13-10-15-8-11-16(12-9-15)24(22,23)20-18(3,4)5/h8-9,11-12,14,20H,6-7,10,13H2,1-5H3,(H,19,21)/t14-/m0/s1. The largest absolute Gasteiger partial charge is 0.354 e. The first kappa shape index (κ1) is 20.6. The van der Waals surface area contributed by atoms with Crippen LogP contribution in [0.2, 0.25) is 0 Å². The number of carbonyl (C=O) groups is 1. The van der Waals surface area contributed by atoms with Crippen LogP contribution in [-0.4, -0.2) is 25.9 Å². The van der Waals surface area contributed by atoms with Crippen molar-refractivity contribution in [3.05, 3.63) is 29.8 Å². The predicted octanol–water partition coefficient (Wildman–Crippen LogP) is 3.00. The van der Waals surface area contributed by atoms with Crippen LogP contribution < -0.4 is 10.0 Å². The first-order valence-corrected chi connectivity index (χ1v) is 9.94. The maximum atomic E-state index is 12.2. The van der Waals surface area contributed by atoms with Crippen LogP contribution in [0.1, 0.15) is 59.4 Å². The number of carbonyl (C=O) groups excluding carboxylic acids is 1. The van der Waals surface area contributed by atoms with Gasteiger partial charge in [0.2, 0.25) is 15.9 Å². The molecule has 2 N–H and O–H groups in total. The van der Waals surface area contributed by atoms with Crippen molar-refractivity contribution < 1.29 is 13.2 Å². The molecule has 0 spiro atoms. The van der Waals surface area contributed by atoms with Gasteiger partial charge in [0.15, 0.2) is 0 Å². The van der Waals surface area contributed by atoms with E-state index in [1.807, 2.05) is 6.92 Å². The van der Waals surface area contributed by atoms with Crippen LogP contribution in [-0.2, 0) is 21.2 Å². The summed E-state index contributed by atoms with van der Waals surface area (Å²) in [6.45, 7) is 9.50. The first-order chi connectivity index (χ1) is 11.0. The van der Waals surface area contributed by atoms with Crippen molar-refractivity contribution in [1.82, 2.24) is 10.0 Å². The minimum Gasteiger partial charge on any atom is -0.354 e. The third-order valence-electron chi connectivity index (χ3n) is 3.44. The number of sulfonamides is 1. The van der Waals surface area contributed by atoms with Gasteiger partial charge < -0.3 is 5.32 Å². The van der Waals surface area contributed by atoms with Gasteiger partial charge in [0.05, 0.1) is 4.90 Å². The number of hydrogen-bond acceptors (Lipinski definition) is 3. The molecule has 0 aliphatic heterocycles. The van der Waals surface area contributed by atoms with Crippen molar-refractivity contribution in [3.8, 4) is 0 Å². The first-order valence-electron chi connectivity index (χ1n) is 8.46. The molecule has 1 aromatic rings. The summed E-state index contributed by atoms with van der Waals surface area (Å²) in [6, 6.07) is 6.89. The van der Waals surface area contributed by atoms with E-state index in [1.165, 1.54) is 0 Å². The zero-order chi connectivity index (χ0) is 18.4. The highest BCUT2D eigenvalue weighted by atomic mass is 32.2. The van der Waals surface area contributed by atoms with Crippen molar-refractivity contribution in [1.29, 1.82) is 0 Å². The minimum atomic E-state index is -3.52. The van der Waals surface area contributed by atoms with Gasteiger partial charge in [-0.3, -0.25) is 4.79 Å². The molecule has 0 saturated carbocycles. The maximum absolute atomic E-state index is 12.2. The Morgan fingerprint density at radius 3 is 2.25 bits per heavy atom. The molecule has 0 fully saturated rings. The van der Waals surface area contributed by atoms with Crippen LogP contribution in [0, 0.1) is 0 Å². The molecular formula is C18H30N2O3S. The molecular weight excluding hydrogens is 324 g/mol. The molecule has 1 atom stereocenters. The van der Waals surface area contributed by atoms with Gasteiger partial charge in [-0.15, -0.1) is 0 Å². The molecule has 1 aromatic carbocycles. The van der Waals surface area contributed by atoms with Crippen LogP contribution in [0.3, 0.4) is 0 Å². The lowest BCUT2D eigenvalue weighted by Gasteiger charge is -2.20. The van der Waals surface area contributed by atoms with Crippen LogP contribution in [0.5, 0.6) is 0 Å². The van der Waals surface area contributed by atoms with E-state index in [9.17, 15) is 13.2 Å². The minimum absolute atomic E-state index is 0.0297. The molecule has 136 valence electrons. The monoisotopic (exact) mass is 354 g/mol. The highest BCUT2D eigenvalue weighted by molar-refractivity contribution is 7.89. The number of aryl methyl sites for hydroxylation is 1. The fraction of sp³-hybridized carbons (Fsp3) is 0.611. The Morgan fingerprint density at radius 1 is 1.17 bits per heavy atom. The number of nitrogens with one attached hydrogen (secondary N) is 2. The second-order valence-electron chi connectivity index (χ2n) is 7.26. The average molecular weight is 355 g/mol. The zero-order valence-corrected chi connectivity index (χ0v) is 16.2. The van der Waals surface area contributed by atoms with Gasteiger partial charge >= 0.3 is 0 Å². The summed E-state index contributed by atoms with van der Waals surface area (Å²) in [7, 11) is -3.52. The van der Waals surface area contributed by atoms with E-state index >= 15 is 0 Å². The van der Waals surface area contributed by atoms with Crippen molar-refractivity contribution in [2.45, 2.75) is 76.8 Å². The maximum Gasteiger partial charge on any atom is 0.241 e. The number of hydrogen-bond donors (Lipinski definition) is 2. The Balaban J connectivity index is 2.61. The van der Waals surface area contributed by atoms with Gasteiger partial charge in [-0.2, -0.15) is 0 Å². The summed E-state index contributed by atoms with van der Waals surface area (Å²) >= 11 is 0. The predicted molar refractivity (Wildman–Crippen MR) is 97.4 cm³/mol. The van der Waals surface area contributed by atoms with Gasteiger partial charge in [0.25, 0.3) is 0 Å². The molecule has 0 aliphatic carbocycles. The SMILES string of the molecule is CCC[C@H](C)NC(=O)CCc1ccc(S(=O)(=O)NC(C)(C)C)cc1. The van der Waals surface area contributed by atoms with E-state index in [-0.39, 0.29) is 16.8 Å². The molecule has 6 heteroatoms. The normalized spacial score (nSPS) is 13.5. The van der Waals surface area contributed by atoms with Gasteiger partial charge in [-0.05, 0) is 58.2 Å². The summed E-state index contributed by atoms with van der Waals surface area (Å²) < 4.78 is 27.1. The van der Waals surface area contributed by atoms with Crippen LogP contribution in [0.25, 0.3) is 0 Å². The average Bonchev–Trinajstić information content (AvgIpc) is 2.43. The Kier molecular flexibility index (Phi) is 7.42. The molecule has 0 unspecified atom stereocenters. The summed E-state index contributed by atoms with van der Waals surface area (Å²) in [5.74, 6) is 0.0297. The Bertz CT molecular complexity index is 631. The highest BCUT2D eigenvalue weighted by Gasteiger charge is 2.21. The van der Waals surface area contributed by atoms with Gasteiger partial charge in [0, 0.05) is 18.0 Å². The Morgan fingerprint density at radius 2 is 1.75 bits per heavy atom. The summed E-state index contributed by atoms with van der Waals surface area (Å²) in [4.78, 5) is 12.1. The smallest absolute Gasteiger partial charge is 0.241 e. The van der Waals surface area contributed by atoms with Crippen molar-refractivity contribution in [2.75, 3.05) is 0 Å². The van der Waals surface area contributed by atoms with E-state index in [0.717, 1.165) is 18.4 Å². The highest BCUT2D eigenvalue weighted by Crippen LogP contribution is 2.14. The molecule has 24 heavy (non-hydrogen) atoms. The van der Waals surface area contributed by atoms with Gasteiger partial charge in [0.1, 0.15) is 0 Å². The van der Waals surface area contributed by atoms with E-state index in [2.05, 4.69) is 17.0 Å². The van der Waals surface area contributed by atoms with Crippen molar-refractivity contribution in [3.63, 3.8) is 0 Å². The molecule has 0 bridgehead atoms. The topological polar surface area (TPSA) is 75.3 Å². The summed E-state index contributed by atoms with van der Waals surface area (Å²) in [5, 5.41) is 2.97. The number of benzene rings is 1. The van der Waals surface area contributed by atoms with Gasteiger partial charge in [-0.1, -0.05) is 25.5 Å². The van der Waals surface area contributed by atoms with E-state index < -0.39 is 15.6 Å². The second kappa shape index (κ2) is 8.62. The molecule has 1 amide bonds. The van der Waals surface area contributed by atoms with Crippen molar-refractivity contribution in [2.24, 2.45) is 0 Å².